The van der Waals surface area contributed by atoms with Gasteiger partial charge in [-0.05, 0) is 72.8 Å². The van der Waals surface area contributed by atoms with Gasteiger partial charge in [0.2, 0.25) is 0 Å². The summed E-state index contributed by atoms with van der Waals surface area (Å²) in [5.41, 5.74) is 0.338. The van der Waals surface area contributed by atoms with Crippen molar-refractivity contribution < 1.29 is 66.7 Å². The first-order valence-electron chi connectivity index (χ1n) is 14.2. The van der Waals surface area contributed by atoms with E-state index in [1.807, 2.05) is 0 Å². The molecule has 14 nitrogen and oxygen atoms in total. The maximum absolute atomic E-state index is 12.5. The molecule has 48 heavy (non-hydrogen) atoms. The number of ether oxygens (including phenoxy) is 8. The molecule has 0 aliphatic carbocycles. The molecular formula is C34H30O14. The molecule has 0 atom stereocenters. The van der Waals surface area contributed by atoms with Crippen LogP contribution in [0.4, 0.5) is 9.59 Å². The van der Waals surface area contributed by atoms with E-state index in [9.17, 15) is 28.8 Å². The lowest BCUT2D eigenvalue weighted by Gasteiger charge is -2.09. The number of carbonyl (C=O) groups is 6. The van der Waals surface area contributed by atoms with E-state index in [0.717, 1.165) is 12.2 Å². The SMILES string of the molecule is C=CC(=O)OCCCOC(=O)Oc1ccc(C(=O)Oc2ccc(OC(=O)c3ccc(OC(=O)OCCCOC(=O)C=C)cc3)cc2)cc1. The average Bonchev–Trinajstić information content (AvgIpc) is 3.09. The molecule has 0 aliphatic rings. The first-order valence-corrected chi connectivity index (χ1v) is 14.2. The molecule has 3 rings (SSSR count). The maximum atomic E-state index is 12.5. The third kappa shape index (κ3) is 12.9. The molecule has 0 aliphatic heterocycles. The van der Waals surface area contributed by atoms with Crippen LogP contribution in [0, 0.1) is 0 Å². The van der Waals surface area contributed by atoms with E-state index < -0.39 is 36.2 Å². The van der Waals surface area contributed by atoms with Gasteiger partial charge in [0, 0.05) is 25.0 Å². The number of benzene rings is 3. The Balaban J connectivity index is 1.39. The van der Waals surface area contributed by atoms with Crippen molar-refractivity contribution in [1.82, 2.24) is 0 Å². The van der Waals surface area contributed by atoms with E-state index in [-0.39, 0.29) is 73.4 Å². The molecule has 0 fully saturated rings. The Morgan fingerprint density at radius 1 is 0.438 bits per heavy atom. The largest absolute Gasteiger partial charge is 0.513 e. The van der Waals surface area contributed by atoms with Crippen molar-refractivity contribution >= 4 is 36.2 Å². The monoisotopic (exact) mass is 662 g/mol. The van der Waals surface area contributed by atoms with Crippen LogP contribution in [0.5, 0.6) is 23.0 Å². The molecule has 250 valence electrons. The zero-order chi connectivity index (χ0) is 34.7. The van der Waals surface area contributed by atoms with Crippen LogP contribution in [0.15, 0.2) is 98.1 Å². The molecule has 0 unspecified atom stereocenters. The van der Waals surface area contributed by atoms with Gasteiger partial charge in [-0.15, -0.1) is 0 Å². The van der Waals surface area contributed by atoms with Crippen molar-refractivity contribution in [1.29, 1.82) is 0 Å². The summed E-state index contributed by atoms with van der Waals surface area (Å²) in [6.07, 6.45) is 0.659. The minimum absolute atomic E-state index is 0.0321. The van der Waals surface area contributed by atoms with Crippen molar-refractivity contribution in [3.05, 3.63) is 109 Å². The molecule has 0 saturated heterocycles. The molecule has 0 saturated carbocycles. The fraction of sp³-hybridized carbons (Fsp3) is 0.176. The highest BCUT2D eigenvalue weighted by molar-refractivity contribution is 5.92. The van der Waals surface area contributed by atoms with Gasteiger partial charge < -0.3 is 37.9 Å². The van der Waals surface area contributed by atoms with Crippen LogP contribution in [0.2, 0.25) is 0 Å². The van der Waals surface area contributed by atoms with Crippen LogP contribution in [0.25, 0.3) is 0 Å². The molecule has 0 amide bonds. The highest BCUT2D eigenvalue weighted by atomic mass is 16.7. The van der Waals surface area contributed by atoms with Crippen LogP contribution in [-0.4, -0.2) is 62.6 Å². The van der Waals surface area contributed by atoms with E-state index in [2.05, 4.69) is 13.2 Å². The van der Waals surface area contributed by atoms with E-state index in [1.165, 1.54) is 72.8 Å². The second-order valence-electron chi connectivity index (χ2n) is 9.15. The Hall–Kier alpha value is -6.44. The molecule has 0 heterocycles. The summed E-state index contributed by atoms with van der Waals surface area (Å²) in [6.45, 7) is 6.58. The highest BCUT2D eigenvalue weighted by Gasteiger charge is 2.14. The van der Waals surface area contributed by atoms with Gasteiger partial charge in [-0.3, -0.25) is 0 Å². The topological polar surface area (TPSA) is 176 Å². The Morgan fingerprint density at radius 3 is 1.06 bits per heavy atom. The molecule has 0 N–H and O–H groups in total. The van der Waals surface area contributed by atoms with Gasteiger partial charge in [0.1, 0.15) is 23.0 Å². The van der Waals surface area contributed by atoms with Gasteiger partial charge in [0.05, 0.1) is 37.6 Å². The zero-order valence-electron chi connectivity index (χ0n) is 25.5. The highest BCUT2D eigenvalue weighted by Crippen LogP contribution is 2.21. The zero-order valence-corrected chi connectivity index (χ0v) is 25.5. The Morgan fingerprint density at radius 2 is 0.729 bits per heavy atom. The summed E-state index contributed by atoms with van der Waals surface area (Å²) in [5.74, 6) is -1.93. The third-order valence-electron chi connectivity index (χ3n) is 5.67. The lowest BCUT2D eigenvalue weighted by atomic mass is 10.2. The van der Waals surface area contributed by atoms with E-state index in [0.29, 0.717) is 0 Å². The fourth-order valence-electron chi connectivity index (χ4n) is 3.37. The number of hydrogen-bond donors (Lipinski definition) is 0. The van der Waals surface area contributed by atoms with Crippen molar-refractivity contribution in [2.45, 2.75) is 12.8 Å². The molecule has 14 heteroatoms. The number of esters is 4. The molecule has 0 aromatic heterocycles. The molecule has 0 radical (unpaired) electrons. The van der Waals surface area contributed by atoms with Crippen molar-refractivity contribution in [3.8, 4) is 23.0 Å². The van der Waals surface area contributed by atoms with E-state index in [4.69, 9.17) is 37.9 Å². The van der Waals surface area contributed by atoms with E-state index >= 15 is 0 Å². The van der Waals surface area contributed by atoms with Crippen molar-refractivity contribution in [2.75, 3.05) is 26.4 Å². The summed E-state index contributed by atoms with van der Waals surface area (Å²) in [5, 5.41) is 0. The first-order chi connectivity index (χ1) is 23.2. The standard InChI is InChI=1S/C34H30O14/c1-3-29(35)41-19-5-21-43-33(39)47-27-11-7-23(8-12-27)31(37)45-25-15-17-26(18-16-25)46-32(38)24-9-13-28(14-10-24)48-34(40)44-22-6-20-42-30(36)4-2/h3-4,7-18H,1-2,5-6,19-22H2. The predicted molar refractivity (Wildman–Crippen MR) is 165 cm³/mol. The predicted octanol–water partition coefficient (Wildman–Crippen LogP) is 5.39. The lowest BCUT2D eigenvalue weighted by Crippen LogP contribution is -2.13. The molecular weight excluding hydrogens is 632 g/mol. The molecule has 3 aromatic rings. The summed E-state index contributed by atoms with van der Waals surface area (Å²) in [6, 6.07) is 16.8. The average molecular weight is 663 g/mol. The number of rotatable bonds is 16. The maximum Gasteiger partial charge on any atom is 0.513 e. The summed E-state index contributed by atoms with van der Waals surface area (Å²) in [7, 11) is 0. The number of hydrogen-bond acceptors (Lipinski definition) is 14. The first kappa shape index (κ1) is 36.0. The van der Waals surface area contributed by atoms with Crippen LogP contribution in [0.3, 0.4) is 0 Å². The molecule has 3 aromatic carbocycles. The van der Waals surface area contributed by atoms with Crippen molar-refractivity contribution in [3.63, 3.8) is 0 Å². The van der Waals surface area contributed by atoms with Crippen LogP contribution in [0.1, 0.15) is 33.6 Å². The number of carbonyl (C=O) groups excluding carboxylic acids is 6. The molecule has 0 bridgehead atoms. The fourth-order valence-corrected chi connectivity index (χ4v) is 3.37. The van der Waals surface area contributed by atoms with Crippen molar-refractivity contribution in [2.24, 2.45) is 0 Å². The quantitative estimate of drug-likeness (QED) is 0.0476. The second kappa shape index (κ2) is 19.2. The van der Waals surface area contributed by atoms with Gasteiger partial charge in [-0.2, -0.15) is 0 Å². The second-order valence-corrected chi connectivity index (χ2v) is 9.15. The van der Waals surface area contributed by atoms with Gasteiger partial charge in [0.15, 0.2) is 0 Å². The van der Waals surface area contributed by atoms with Gasteiger partial charge >= 0.3 is 36.2 Å². The van der Waals surface area contributed by atoms with E-state index in [1.54, 1.807) is 0 Å². The normalized spacial score (nSPS) is 10.0. The minimum atomic E-state index is -0.968. The van der Waals surface area contributed by atoms with Crippen LogP contribution in [-0.2, 0) is 28.5 Å². The van der Waals surface area contributed by atoms with Crippen LogP contribution < -0.4 is 18.9 Å². The van der Waals surface area contributed by atoms with Gasteiger partial charge in [-0.1, -0.05) is 13.2 Å². The van der Waals surface area contributed by atoms with Gasteiger partial charge in [0.25, 0.3) is 0 Å². The minimum Gasteiger partial charge on any atom is -0.462 e. The Kier molecular flexibility index (Phi) is 14.4. The summed E-state index contributed by atoms with van der Waals surface area (Å²) in [4.78, 5) is 70.5. The Bertz CT molecular complexity index is 1470. The lowest BCUT2D eigenvalue weighted by molar-refractivity contribution is -0.138. The Labute approximate surface area is 274 Å². The van der Waals surface area contributed by atoms with Gasteiger partial charge in [-0.25, -0.2) is 28.8 Å². The third-order valence-corrected chi connectivity index (χ3v) is 5.67. The summed E-state index contributed by atoms with van der Waals surface area (Å²) >= 11 is 0. The summed E-state index contributed by atoms with van der Waals surface area (Å²) < 4.78 is 40.0. The molecule has 0 spiro atoms. The van der Waals surface area contributed by atoms with Crippen LogP contribution >= 0.6 is 0 Å². The smallest absolute Gasteiger partial charge is 0.462 e.